The molecule has 0 aromatic heterocycles. The van der Waals surface area contributed by atoms with Crippen LogP contribution in [0.4, 0.5) is 0 Å². The maximum absolute atomic E-state index is 3.30. The van der Waals surface area contributed by atoms with Gasteiger partial charge in [-0.2, -0.15) is 41.0 Å². The fourth-order valence-corrected chi connectivity index (χ4v) is 5.04. The summed E-state index contributed by atoms with van der Waals surface area (Å²) >= 11 is 1.46. The Balaban J connectivity index is 0.000000197. The Morgan fingerprint density at radius 2 is 1.22 bits per heavy atom. The number of allylic oxidation sites excluding steroid dienone is 4. The zero-order valence-corrected chi connectivity index (χ0v) is 25.2. The summed E-state index contributed by atoms with van der Waals surface area (Å²) in [6.07, 6.45) is 5.36. The van der Waals surface area contributed by atoms with Crippen molar-refractivity contribution in [3.05, 3.63) is 169 Å². The number of fused-ring (bicyclic) bond motifs is 3. The molecular weight excluding hydrogens is 524 g/mol. The third-order valence-electron chi connectivity index (χ3n) is 6.56. The maximum Gasteiger partial charge on any atom is -0.0253 e. The molecular formula is C36H36Zr-4. The molecule has 4 aromatic rings. The SMILES string of the molecule is CC1=[C-]CC(C)=C1C.[CH3-].[CH3-].[Zr]=[C](c1ccccc1)c1ccccc1.[c-]1cccc2c1Cc1ccccc1-2. The van der Waals surface area contributed by atoms with Gasteiger partial charge in [-0.3, -0.25) is 6.08 Å². The van der Waals surface area contributed by atoms with Crippen molar-refractivity contribution in [2.75, 3.05) is 0 Å². The number of benzene rings is 4. The van der Waals surface area contributed by atoms with Crippen molar-refractivity contribution >= 4 is 3.21 Å². The zero-order valence-electron chi connectivity index (χ0n) is 22.7. The molecule has 0 spiro atoms. The van der Waals surface area contributed by atoms with Crippen LogP contribution in [0, 0.1) is 27.0 Å². The first-order valence-corrected chi connectivity index (χ1v) is 13.3. The van der Waals surface area contributed by atoms with Gasteiger partial charge in [-0.1, -0.05) is 49.2 Å². The van der Waals surface area contributed by atoms with E-state index < -0.39 is 0 Å². The number of rotatable bonds is 2. The third kappa shape index (κ3) is 7.80. The molecule has 0 heterocycles. The van der Waals surface area contributed by atoms with E-state index >= 15 is 0 Å². The van der Waals surface area contributed by atoms with Crippen molar-refractivity contribution in [2.24, 2.45) is 0 Å². The smallest absolute Gasteiger partial charge is 0.0253 e. The molecule has 0 aliphatic heterocycles. The van der Waals surface area contributed by atoms with E-state index in [9.17, 15) is 0 Å². The molecule has 188 valence electrons. The molecule has 0 saturated heterocycles. The molecule has 2 aliphatic rings. The molecule has 0 saturated carbocycles. The monoisotopic (exact) mass is 558 g/mol. The van der Waals surface area contributed by atoms with E-state index in [1.165, 1.54) is 77.5 Å². The van der Waals surface area contributed by atoms with Crippen molar-refractivity contribution in [2.45, 2.75) is 33.6 Å². The molecule has 2 aliphatic carbocycles. The minimum atomic E-state index is 0. The largest absolute Gasteiger partial charge is 0.179 e. The summed E-state index contributed by atoms with van der Waals surface area (Å²) in [7, 11) is 0. The van der Waals surface area contributed by atoms with Crippen molar-refractivity contribution in [1.29, 1.82) is 0 Å². The molecule has 0 amide bonds. The van der Waals surface area contributed by atoms with Gasteiger partial charge in [0.1, 0.15) is 0 Å². The fraction of sp³-hybridized carbons (Fsp3) is 0.139. The Morgan fingerprint density at radius 3 is 1.73 bits per heavy atom. The predicted octanol–water partition coefficient (Wildman–Crippen LogP) is 9.24. The van der Waals surface area contributed by atoms with Gasteiger partial charge >= 0.3 is 99.2 Å². The van der Waals surface area contributed by atoms with Crippen LogP contribution < -0.4 is 0 Å². The van der Waals surface area contributed by atoms with Crippen LogP contribution in [0.5, 0.6) is 0 Å². The van der Waals surface area contributed by atoms with E-state index in [0.29, 0.717) is 0 Å². The Labute approximate surface area is 240 Å². The Hall–Kier alpha value is -2.89. The zero-order chi connectivity index (χ0) is 24.6. The Morgan fingerprint density at radius 1 is 0.676 bits per heavy atom. The van der Waals surface area contributed by atoms with Crippen LogP contribution in [-0.4, -0.2) is 3.21 Å². The standard InChI is InChI=1S/C13H9.C13H10.C8H11.2CH3.Zr/c1-3-7-12-10(5-1)9-11-6-2-4-8-13(11)12;1-3-7-12(8-4-1)11-13-9-5-2-6-10-13;1-6-4-5-7(2)8(6)3;;;/h1-5,7-8H,9H2;1-10H;4H2,1-3H3;2*1H3;/q-1;;3*-1;. The maximum atomic E-state index is 3.30. The van der Waals surface area contributed by atoms with Gasteiger partial charge < -0.3 is 14.9 Å². The van der Waals surface area contributed by atoms with Gasteiger partial charge in [-0.15, -0.1) is 18.9 Å². The molecule has 0 nitrogen and oxygen atoms in total. The summed E-state index contributed by atoms with van der Waals surface area (Å²) < 4.78 is 1.42. The van der Waals surface area contributed by atoms with Crippen LogP contribution in [0.25, 0.3) is 11.1 Å². The van der Waals surface area contributed by atoms with E-state index in [1.807, 2.05) is 6.07 Å². The van der Waals surface area contributed by atoms with Crippen molar-refractivity contribution in [1.82, 2.24) is 0 Å². The first-order chi connectivity index (χ1) is 17.0. The molecule has 0 bridgehead atoms. The van der Waals surface area contributed by atoms with Crippen LogP contribution in [0.1, 0.15) is 49.4 Å². The van der Waals surface area contributed by atoms with E-state index in [2.05, 4.69) is 130 Å². The fourth-order valence-electron chi connectivity index (χ4n) is 4.22. The molecule has 0 N–H and O–H groups in total. The molecule has 0 unspecified atom stereocenters. The van der Waals surface area contributed by atoms with Crippen LogP contribution in [-0.2, 0) is 30.7 Å². The number of hydrogen-bond donors (Lipinski definition) is 0. The first-order valence-electron chi connectivity index (χ1n) is 12.1. The van der Waals surface area contributed by atoms with Gasteiger partial charge in [0.05, 0.1) is 0 Å². The van der Waals surface area contributed by atoms with E-state index in [1.54, 1.807) is 0 Å². The first kappa shape index (κ1) is 30.3. The summed E-state index contributed by atoms with van der Waals surface area (Å²) in [5.74, 6) is 0. The van der Waals surface area contributed by atoms with E-state index in [0.717, 1.165) is 12.8 Å². The van der Waals surface area contributed by atoms with Crippen LogP contribution >= 0.6 is 0 Å². The summed E-state index contributed by atoms with van der Waals surface area (Å²) in [4.78, 5) is 0. The Bertz CT molecular complexity index is 1270. The van der Waals surface area contributed by atoms with Gasteiger partial charge in [-0.25, -0.2) is 5.57 Å². The second kappa shape index (κ2) is 14.8. The minimum absolute atomic E-state index is 0. The molecule has 1 heteroatoms. The van der Waals surface area contributed by atoms with Gasteiger partial charge in [0, 0.05) is 0 Å². The average Bonchev–Trinajstić information content (AvgIpc) is 3.44. The number of hydrogen-bond acceptors (Lipinski definition) is 0. The topological polar surface area (TPSA) is 0 Å². The van der Waals surface area contributed by atoms with Crippen LogP contribution in [0.2, 0.25) is 0 Å². The molecule has 0 fully saturated rings. The third-order valence-corrected chi connectivity index (χ3v) is 7.98. The summed E-state index contributed by atoms with van der Waals surface area (Å²) in [6.45, 7) is 6.44. The molecule has 0 radical (unpaired) electrons. The summed E-state index contributed by atoms with van der Waals surface area (Å²) in [5.41, 5.74) is 12.4. The van der Waals surface area contributed by atoms with Gasteiger partial charge in [0.25, 0.3) is 0 Å². The van der Waals surface area contributed by atoms with Gasteiger partial charge in [0.2, 0.25) is 0 Å². The van der Waals surface area contributed by atoms with Crippen LogP contribution in [0.15, 0.2) is 120 Å². The van der Waals surface area contributed by atoms with E-state index in [4.69, 9.17) is 0 Å². The van der Waals surface area contributed by atoms with Crippen molar-refractivity contribution in [3.63, 3.8) is 0 Å². The van der Waals surface area contributed by atoms with Crippen LogP contribution in [0.3, 0.4) is 0 Å². The quantitative estimate of drug-likeness (QED) is 0.189. The average molecular weight is 560 g/mol. The van der Waals surface area contributed by atoms with E-state index in [-0.39, 0.29) is 14.9 Å². The predicted molar refractivity (Wildman–Crippen MR) is 158 cm³/mol. The van der Waals surface area contributed by atoms with Crippen molar-refractivity contribution in [3.8, 4) is 11.1 Å². The molecule has 37 heavy (non-hydrogen) atoms. The molecule has 6 rings (SSSR count). The molecule has 4 aromatic carbocycles. The summed E-state index contributed by atoms with van der Waals surface area (Å²) in [5, 5.41) is 0. The minimum Gasteiger partial charge on any atom is -0.179 e. The summed E-state index contributed by atoms with van der Waals surface area (Å²) in [6, 6.07) is 39.2. The molecule has 0 atom stereocenters. The Kier molecular flexibility index (Phi) is 12.1. The normalized spacial score (nSPS) is 12.2. The van der Waals surface area contributed by atoms with Gasteiger partial charge in [-0.05, 0) is 6.42 Å². The van der Waals surface area contributed by atoms with Crippen molar-refractivity contribution < 1.29 is 24.2 Å². The second-order valence-corrected chi connectivity index (χ2v) is 10.1. The second-order valence-electron chi connectivity index (χ2n) is 8.89. The van der Waals surface area contributed by atoms with Gasteiger partial charge in [0.15, 0.2) is 0 Å².